The van der Waals surface area contributed by atoms with Crippen molar-refractivity contribution < 1.29 is 61.5 Å². The Labute approximate surface area is 217 Å². The second-order valence-electron chi connectivity index (χ2n) is 4.51. The summed E-state index contributed by atoms with van der Waals surface area (Å²) in [5, 5.41) is 2.71. The summed E-state index contributed by atoms with van der Waals surface area (Å²) in [5.74, 6) is 3.15. The van der Waals surface area contributed by atoms with E-state index in [9.17, 15) is 0 Å². The molecular formula is C24H18Co2O6Si. The van der Waals surface area contributed by atoms with Crippen molar-refractivity contribution in [3.8, 4) is 11.5 Å². The van der Waals surface area contributed by atoms with Gasteiger partial charge < -0.3 is 0 Å². The molecule has 2 rings (SSSR count). The molecule has 0 atom stereocenters. The molecule has 0 aliphatic carbocycles. The zero-order valence-electron chi connectivity index (χ0n) is 17.4. The van der Waals surface area contributed by atoms with Crippen LogP contribution in [0.3, 0.4) is 0 Å². The molecule has 0 saturated heterocycles. The fourth-order valence-electron chi connectivity index (χ4n) is 2.47. The Morgan fingerprint density at radius 3 is 1.15 bits per heavy atom. The van der Waals surface area contributed by atoms with E-state index in [4.69, 9.17) is 27.9 Å². The van der Waals surface area contributed by atoms with Crippen molar-refractivity contribution in [3.63, 3.8) is 0 Å². The molecule has 2 aromatic carbocycles. The van der Waals surface area contributed by atoms with Crippen molar-refractivity contribution in [1.82, 2.24) is 0 Å². The predicted octanol–water partition coefficient (Wildman–Crippen LogP) is 2.77. The summed E-state index contributed by atoms with van der Waals surface area (Å²) in [6.07, 6.45) is 2.01. The fraction of sp³-hybridized carbons (Fsp3) is 0.0833. The fourth-order valence-corrected chi connectivity index (χ4v) is 6.05. The molecule has 172 valence electrons. The molecule has 0 fully saturated rings. The molecule has 2 radical (unpaired) electrons. The Kier molecular flexibility index (Phi) is 63.0. The third-order valence-electron chi connectivity index (χ3n) is 3.32. The minimum atomic E-state index is -2.03. The number of hydrogen-bond acceptors (Lipinski definition) is 0. The quantitative estimate of drug-likeness (QED) is 0.184. The molecule has 0 unspecified atom stereocenters. The van der Waals surface area contributed by atoms with E-state index < -0.39 is 8.07 Å². The van der Waals surface area contributed by atoms with Gasteiger partial charge in [-0.2, -0.15) is 0 Å². The summed E-state index contributed by atoms with van der Waals surface area (Å²) in [4.78, 5) is 0. The van der Waals surface area contributed by atoms with E-state index in [1.54, 1.807) is 0 Å². The minimum absolute atomic E-state index is 0. The largest absolute Gasteiger partial charge is 0 e. The van der Waals surface area contributed by atoms with Crippen molar-refractivity contribution in [1.29, 1.82) is 0 Å². The Morgan fingerprint density at radius 1 is 0.667 bits per heavy atom. The second kappa shape index (κ2) is 43.3. The molecular weight excluding hydrogens is 530 g/mol. The summed E-state index contributed by atoms with van der Waals surface area (Å²) < 4.78 is 45.0. The molecule has 2 aromatic rings. The summed E-state index contributed by atoms with van der Waals surface area (Å²) in [7, 11) is -2.03. The number of benzene rings is 2. The van der Waals surface area contributed by atoms with Gasteiger partial charge in [-0.25, -0.2) is 0 Å². The first-order valence-electron chi connectivity index (χ1n) is 7.72. The van der Waals surface area contributed by atoms with E-state index in [1.165, 1.54) is 10.4 Å². The maximum atomic E-state index is 7.50. The van der Waals surface area contributed by atoms with E-state index in [2.05, 4.69) is 119 Å². The molecule has 6 nitrogen and oxygen atoms in total. The Balaban J connectivity index is -0.0000000844. The van der Waals surface area contributed by atoms with Gasteiger partial charge in [0, 0.05) is 33.6 Å². The summed E-state index contributed by atoms with van der Waals surface area (Å²) in [6, 6.07) is 22.3. The first kappa shape index (κ1) is 48.0. The first-order chi connectivity index (χ1) is 15.3. The molecule has 0 heterocycles. The van der Waals surface area contributed by atoms with Gasteiger partial charge >= 0.3 is 67.8 Å². The van der Waals surface area contributed by atoms with Crippen molar-refractivity contribution in [2.24, 2.45) is 0 Å². The van der Waals surface area contributed by atoms with E-state index >= 15 is 0 Å². The molecule has 33 heavy (non-hydrogen) atoms. The predicted molar refractivity (Wildman–Crippen MR) is 110 cm³/mol. The topological polar surface area (TPSA) is 119 Å². The Morgan fingerprint density at radius 2 is 0.939 bits per heavy atom. The third-order valence-corrected chi connectivity index (χ3v) is 7.54. The van der Waals surface area contributed by atoms with Crippen LogP contribution in [0.4, 0.5) is 0 Å². The Hall–Kier alpha value is -2.59. The van der Waals surface area contributed by atoms with Crippen LogP contribution in [0.1, 0.15) is 6.92 Å². The molecule has 0 spiro atoms. The van der Waals surface area contributed by atoms with Gasteiger partial charge in [0.05, 0.1) is 0 Å². The van der Waals surface area contributed by atoms with E-state index in [0.717, 1.165) is 6.04 Å². The van der Waals surface area contributed by atoms with Gasteiger partial charge in [0.2, 0.25) is 8.07 Å². The van der Waals surface area contributed by atoms with Crippen molar-refractivity contribution in [2.45, 2.75) is 13.0 Å². The summed E-state index contributed by atoms with van der Waals surface area (Å²) >= 11 is 0. The van der Waals surface area contributed by atoms with E-state index in [1.807, 2.05) is 13.0 Å². The summed E-state index contributed by atoms with van der Waals surface area (Å²) in [5.41, 5.74) is 3.55. The number of hydrogen-bond donors (Lipinski definition) is 0. The minimum Gasteiger partial charge on any atom is 0 e. The molecule has 0 amide bonds. The van der Waals surface area contributed by atoms with Crippen LogP contribution in [-0.2, 0) is 61.5 Å². The maximum Gasteiger partial charge on any atom is 0 e. The van der Waals surface area contributed by atoms with E-state index in [0.29, 0.717) is 0 Å². The molecule has 0 N–H and O–H groups in total. The molecule has 0 bridgehead atoms. The van der Waals surface area contributed by atoms with Gasteiger partial charge in [0.1, 0.15) is 0 Å². The van der Waals surface area contributed by atoms with Crippen LogP contribution in [0.2, 0.25) is 6.04 Å². The molecule has 0 aromatic heterocycles. The van der Waals surface area contributed by atoms with E-state index in [-0.39, 0.29) is 33.6 Å². The summed E-state index contributed by atoms with van der Waals surface area (Å²) in [6.45, 7) is 32.9. The van der Waals surface area contributed by atoms with Gasteiger partial charge in [-0.05, 0) is 23.3 Å². The third kappa shape index (κ3) is 19.8. The monoisotopic (exact) mass is 548 g/mol. The average Bonchev–Trinajstić information content (AvgIpc) is 2.92. The zero-order chi connectivity index (χ0) is 25.6. The SMILES string of the molecule is C=CC[Si](C#CC)(c1ccccc1)c1ccccc1.[C-]#[O+].[C-]#[O+].[C-]#[O+].[C-]#[O+].[C-]#[O+].[C-]#[O+].[Co].[Co]. The number of allylic oxidation sites excluding steroid dienone is 1. The molecule has 0 aliphatic heterocycles. The van der Waals surface area contributed by atoms with Crippen LogP contribution in [0.25, 0.3) is 0 Å². The van der Waals surface area contributed by atoms with Crippen LogP contribution in [0.5, 0.6) is 0 Å². The molecule has 0 aliphatic rings. The smallest absolute Gasteiger partial charge is 0 e. The van der Waals surface area contributed by atoms with Crippen molar-refractivity contribution in [3.05, 3.63) is 113 Å². The standard InChI is InChI=1S/C18H18Si.6CO.2Co/c1-3-15-19(16-4-2,17-11-7-5-8-12-17)18-13-9-6-10-14-18;6*1-2;;/h3,5-14H,1,15H2,2H3;;;;;;;;. The normalized spacial score (nSPS) is 6.33. The number of rotatable bonds is 4. The van der Waals surface area contributed by atoms with Gasteiger partial charge in [-0.3, -0.25) is 0 Å². The van der Waals surface area contributed by atoms with Gasteiger partial charge in [-0.15, -0.1) is 18.0 Å². The van der Waals surface area contributed by atoms with Gasteiger partial charge in [0.15, 0.2) is 0 Å². The van der Waals surface area contributed by atoms with Crippen LogP contribution < -0.4 is 10.4 Å². The van der Waals surface area contributed by atoms with Crippen molar-refractivity contribution in [2.75, 3.05) is 0 Å². The zero-order valence-corrected chi connectivity index (χ0v) is 20.5. The van der Waals surface area contributed by atoms with Gasteiger partial charge in [0.25, 0.3) is 0 Å². The van der Waals surface area contributed by atoms with Crippen LogP contribution in [0.15, 0.2) is 73.3 Å². The first-order valence-corrected chi connectivity index (χ1v) is 9.92. The van der Waals surface area contributed by atoms with Gasteiger partial charge in [-0.1, -0.05) is 66.7 Å². The van der Waals surface area contributed by atoms with Crippen molar-refractivity contribution >= 4 is 18.4 Å². The maximum absolute atomic E-state index is 7.50. The molecule has 9 heteroatoms. The average molecular weight is 548 g/mol. The van der Waals surface area contributed by atoms with Crippen LogP contribution in [-0.4, -0.2) is 8.07 Å². The Bertz CT molecular complexity index is 776. The second-order valence-corrected chi connectivity index (χ2v) is 8.13. The molecule has 0 saturated carbocycles. The van der Waals surface area contributed by atoms with Crippen LogP contribution >= 0.6 is 0 Å². The van der Waals surface area contributed by atoms with Crippen LogP contribution in [0, 0.1) is 51.4 Å².